The highest BCUT2D eigenvalue weighted by Crippen LogP contribution is 2.10. The predicted molar refractivity (Wildman–Crippen MR) is 89.2 cm³/mol. The average Bonchev–Trinajstić information content (AvgIpc) is 2.53. The van der Waals surface area contributed by atoms with Crippen molar-refractivity contribution in [2.24, 2.45) is 0 Å². The second-order valence-corrected chi connectivity index (χ2v) is 5.32. The Morgan fingerprint density at radius 3 is 2.52 bits per heavy atom. The summed E-state index contributed by atoms with van der Waals surface area (Å²) in [5.41, 5.74) is 2.01. The lowest BCUT2D eigenvalue weighted by Crippen LogP contribution is -2.33. The highest BCUT2D eigenvalue weighted by Gasteiger charge is 2.10. The summed E-state index contributed by atoms with van der Waals surface area (Å²) in [6.45, 7) is 1.57. The molecule has 2 aromatic carbocycles. The summed E-state index contributed by atoms with van der Waals surface area (Å²) in [7, 11) is 0. The maximum atomic E-state index is 12.1. The van der Waals surface area contributed by atoms with Crippen LogP contribution >= 0.6 is 0 Å². The quantitative estimate of drug-likeness (QED) is 0.763. The van der Waals surface area contributed by atoms with Gasteiger partial charge in [0.15, 0.2) is 0 Å². The lowest BCUT2D eigenvalue weighted by Gasteiger charge is -2.12. The number of carbonyl (C=O) groups excluding carboxylic acids is 2. The zero-order valence-corrected chi connectivity index (χ0v) is 13.0. The fourth-order valence-corrected chi connectivity index (χ4v) is 2.21. The van der Waals surface area contributed by atoms with Gasteiger partial charge in [-0.2, -0.15) is 0 Å². The molecule has 0 bridgehead atoms. The molecule has 0 fully saturated rings. The Labute approximate surface area is 135 Å². The largest absolute Gasteiger partial charge is 0.391 e. The van der Waals surface area contributed by atoms with Gasteiger partial charge >= 0.3 is 0 Å². The molecule has 0 aromatic heterocycles. The van der Waals surface area contributed by atoms with E-state index in [1.165, 1.54) is 6.92 Å². The van der Waals surface area contributed by atoms with E-state index in [0.717, 1.165) is 5.56 Å². The van der Waals surface area contributed by atoms with Gasteiger partial charge in [-0.25, -0.2) is 0 Å². The first-order chi connectivity index (χ1) is 11.0. The second kappa shape index (κ2) is 8.10. The zero-order valence-electron chi connectivity index (χ0n) is 13.0. The van der Waals surface area contributed by atoms with E-state index in [4.69, 9.17) is 0 Å². The number of hydrogen-bond acceptors (Lipinski definition) is 3. The minimum Gasteiger partial charge on any atom is -0.391 e. The van der Waals surface area contributed by atoms with E-state index in [0.29, 0.717) is 17.7 Å². The molecule has 0 radical (unpaired) electrons. The molecule has 120 valence electrons. The predicted octanol–water partition coefficient (Wildman–Crippen LogP) is 1.98. The van der Waals surface area contributed by atoms with E-state index in [-0.39, 0.29) is 18.4 Å². The van der Waals surface area contributed by atoms with Crippen molar-refractivity contribution < 1.29 is 14.7 Å². The summed E-state index contributed by atoms with van der Waals surface area (Å²) >= 11 is 0. The summed E-state index contributed by atoms with van der Waals surface area (Å²) in [5.74, 6) is -0.481. The number of aliphatic hydroxyl groups is 1. The summed E-state index contributed by atoms with van der Waals surface area (Å²) in [6, 6.07) is 16.3. The third kappa shape index (κ3) is 5.56. The van der Waals surface area contributed by atoms with Crippen LogP contribution in [-0.2, 0) is 11.2 Å². The van der Waals surface area contributed by atoms with Crippen molar-refractivity contribution in [1.82, 2.24) is 5.32 Å². The van der Waals surface area contributed by atoms with Crippen LogP contribution in [0.15, 0.2) is 54.6 Å². The van der Waals surface area contributed by atoms with Gasteiger partial charge in [0, 0.05) is 31.1 Å². The van der Waals surface area contributed by atoms with Crippen molar-refractivity contribution in [2.45, 2.75) is 19.4 Å². The van der Waals surface area contributed by atoms with Gasteiger partial charge in [0.1, 0.15) is 0 Å². The topological polar surface area (TPSA) is 78.4 Å². The van der Waals surface area contributed by atoms with Crippen molar-refractivity contribution in [3.63, 3.8) is 0 Å². The highest BCUT2D eigenvalue weighted by molar-refractivity contribution is 5.96. The molecule has 0 heterocycles. The molecule has 1 unspecified atom stereocenters. The molecular weight excluding hydrogens is 292 g/mol. The van der Waals surface area contributed by atoms with Crippen LogP contribution in [0.1, 0.15) is 22.8 Å². The molecule has 2 rings (SSSR count). The standard InChI is InChI=1S/C18H20N2O3/c1-13(21)20-16-9-5-8-15(11-16)18(23)19-12-17(22)10-14-6-3-2-4-7-14/h2-9,11,17,22H,10,12H2,1H3,(H,19,23)(H,20,21). The molecule has 0 saturated heterocycles. The van der Waals surface area contributed by atoms with Gasteiger partial charge in [0.25, 0.3) is 5.91 Å². The molecule has 23 heavy (non-hydrogen) atoms. The lowest BCUT2D eigenvalue weighted by molar-refractivity contribution is -0.114. The van der Waals surface area contributed by atoms with Crippen LogP contribution in [0.25, 0.3) is 0 Å². The average molecular weight is 312 g/mol. The molecule has 3 N–H and O–H groups in total. The molecule has 0 spiro atoms. The van der Waals surface area contributed by atoms with Crippen LogP contribution in [0, 0.1) is 0 Å². The van der Waals surface area contributed by atoms with Gasteiger partial charge < -0.3 is 15.7 Å². The highest BCUT2D eigenvalue weighted by atomic mass is 16.3. The van der Waals surface area contributed by atoms with E-state index in [9.17, 15) is 14.7 Å². The summed E-state index contributed by atoms with van der Waals surface area (Å²) < 4.78 is 0. The number of amides is 2. The molecule has 0 aliphatic carbocycles. The Bertz CT molecular complexity index is 671. The Morgan fingerprint density at radius 2 is 1.83 bits per heavy atom. The van der Waals surface area contributed by atoms with Crippen molar-refractivity contribution in [3.05, 3.63) is 65.7 Å². The van der Waals surface area contributed by atoms with Crippen LogP contribution < -0.4 is 10.6 Å². The first-order valence-electron chi connectivity index (χ1n) is 7.42. The maximum Gasteiger partial charge on any atom is 0.251 e. The Kier molecular flexibility index (Phi) is 5.88. The van der Waals surface area contributed by atoms with Crippen LogP contribution in [0.4, 0.5) is 5.69 Å². The van der Waals surface area contributed by atoms with Gasteiger partial charge in [-0.05, 0) is 23.8 Å². The summed E-state index contributed by atoms with van der Waals surface area (Å²) in [5, 5.41) is 15.3. The van der Waals surface area contributed by atoms with Gasteiger partial charge in [0.05, 0.1) is 6.10 Å². The van der Waals surface area contributed by atoms with Crippen molar-refractivity contribution >= 4 is 17.5 Å². The van der Waals surface area contributed by atoms with Crippen molar-refractivity contribution in [3.8, 4) is 0 Å². The third-order valence-electron chi connectivity index (χ3n) is 3.26. The first-order valence-corrected chi connectivity index (χ1v) is 7.42. The number of nitrogens with one attached hydrogen (secondary N) is 2. The first kappa shape index (κ1) is 16.7. The van der Waals surface area contributed by atoms with E-state index >= 15 is 0 Å². The molecule has 5 nitrogen and oxygen atoms in total. The number of hydrogen-bond donors (Lipinski definition) is 3. The maximum absolute atomic E-state index is 12.1. The molecule has 0 aliphatic heterocycles. The molecule has 0 aliphatic rings. The van der Waals surface area contributed by atoms with Crippen molar-refractivity contribution in [1.29, 1.82) is 0 Å². The summed E-state index contributed by atoms with van der Waals surface area (Å²) in [4.78, 5) is 23.1. The van der Waals surface area contributed by atoms with Gasteiger partial charge in [-0.15, -0.1) is 0 Å². The minimum atomic E-state index is -0.653. The Morgan fingerprint density at radius 1 is 1.09 bits per heavy atom. The van der Waals surface area contributed by atoms with Crippen LogP contribution in [0.2, 0.25) is 0 Å². The molecule has 2 aromatic rings. The molecule has 0 saturated carbocycles. The normalized spacial score (nSPS) is 11.6. The van der Waals surface area contributed by atoms with Gasteiger partial charge in [0.2, 0.25) is 5.91 Å². The third-order valence-corrected chi connectivity index (χ3v) is 3.26. The second-order valence-electron chi connectivity index (χ2n) is 5.32. The van der Waals surface area contributed by atoms with E-state index < -0.39 is 6.10 Å². The Hall–Kier alpha value is -2.66. The minimum absolute atomic E-state index is 0.165. The van der Waals surface area contributed by atoms with E-state index in [1.807, 2.05) is 30.3 Å². The molecule has 2 amide bonds. The molecule has 1 atom stereocenters. The van der Waals surface area contributed by atoms with E-state index in [2.05, 4.69) is 10.6 Å². The van der Waals surface area contributed by atoms with Gasteiger partial charge in [-0.3, -0.25) is 9.59 Å². The summed E-state index contributed by atoms with van der Waals surface area (Å²) in [6.07, 6.45) is -0.174. The van der Waals surface area contributed by atoms with Crippen LogP contribution in [0.5, 0.6) is 0 Å². The number of rotatable bonds is 6. The fourth-order valence-electron chi connectivity index (χ4n) is 2.21. The molecule has 5 heteroatoms. The van der Waals surface area contributed by atoms with Crippen LogP contribution in [0.3, 0.4) is 0 Å². The smallest absolute Gasteiger partial charge is 0.251 e. The monoisotopic (exact) mass is 312 g/mol. The number of aliphatic hydroxyl groups excluding tert-OH is 1. The molecular formula is C18H20N2O3. The zero-order chi connectivity index (χ0) is 16.7. The number of carbonyl (C=O) groups is 2. The van der Waals surface area contributed by atoms with Crippen molar-refractivity contribution in [2.75, 3.05) is 11.9 Å². The van der Waals surface area contributed by atoms with Crippen LogP contribution in [-0.4, -0.2) is 29.6 Å². The number of anilines is 1. The number of benzene rings is 2. The lowest BCUT2D eigenvalue weighted by atomic mass is 10.1. The fraction of sp³-hybridized carbons (Fsp3) is 0.222. The van der Waals surface area contributed by atoms with Gasteiger partial charge in [-0.1, -0.05) is 36.4 Å². The SMILES string of the molecule is CC(=O)Nc1cccc(C(=O)NCC(O)Cc2ccccc2)c1. The Balaban J connectivity index is 1.88. The van der Waals surface area contributed by atoms with E-state index in [1.54, 1.807) is 24.3 Å².